The maximum absolute atomic E-state index is 12.5. The zero-order valence-electron chi connectivity index (χ0n) is 19.8. The van der Waals surface area contributed by atoms with E-state index in [1.54, 1.807) is 24.3 Å². The number of carboxylic acid groups (broad SMARTS) is 1. The maximum atomic E-state index is 12.5. The van der Waals surface area contributed by atoms with E-state index in [2.05, 4.69) is 4.98 Å². The summed E-state index contributed by atoms with van der Waals surface area (Å²) in [4.78, 5) is 17.5. The van der Waals surface area contributed by atoms with Crippen LogP contribution in [0.5, 0.6) is 5.88 Å². The van der Waals surface area contributed by atoms with Gasteiger partial charge in [0, 0.05) is 17.3 Å². The third-order valence-corrected chi connectivity index (χ3v) is 7.07. The van der Waals surface area contributed by atoms with Crippen molar-refractivity contribution in [3.05, 3.63) is 52.7 Å². The molecule has 0 saturated heterocycles. The van der Waals surface area contributed by atoms with Crippen LogP contribution in [0.2, 0.25) is 0 Å². The van der Waals surface area contributed by atoms with Gasteiger partial charge >= 0.3 is 6.09 Å². The van der Waals surface area contributed by atoms with Crippen LogP contribution in [0.15, 0.2) is 35.2 Å². The van der Waals surface area contributed by atoms with Crippen LogP contribution < -0.4 is 4.74 Å². The number of ether oxygens (including phenoxy) is 1. The van der Waals surface area contributed by atoms with Crippen molar-refractivity contribution in [3.8, 4) is 5.88 Å². The molecule has 1 heterocycles. The Hall–Kier alpha value is -2.65. The molecule has 0 spiro atoms. The summed E-state index contributed by atoms with van der Waals surface area (Å²) >= 11 is 0. The molecule has 1 atom stereocenters. The molecule has 0 saturated carbocycles. The van der Waals surface area contributed by atoms with Gasteiger partial charge in [0.15, 0.2) is 0 Å². The van der Waals surface area contributed by atoms with Gasteiger partial charge in [0.2, 0.25) is 5.88 Å². The zero-order valence-corrected chi connectivity index (χ0v) is 20.6. The minimum atomic E-state index is -3.80. The first-order valence-electron chi connectivity index (χ1n) is 11.0. The lowest BCUT2D eigenvalue weighted by molar-refractivity contribution is 0.0885. The molecule has 2 aromatic rings. The van der Waals surface area contributed by atoms with Crippen molar-refractivity contribution < 1.29 is 27.2 Å². The average molecular weight is 477 g/mol. The van der Waals surface area contributed by atoms with Crippen LogP contribution in [-0.4, -0.2) is 54.8 Å². The number of fused-ring (bicyclic) bond motifs is 1. The van der Waals surface area contributed by atoms with Crippen LogP contribution in [0, 0.1) is 19.8 Å². The third-order valence-electron chi connectivity index (χ3n) is 5.78. The molecular formula is C24H32N2O6S. The second-order valence-electron chi connectivity index (χ2n) is 9.46. The molecular weight excluding hydrogens is 444 g/mol. The summed E-state index contributed by atoms with van der Waals surface area (Å²) < 4.78 is 36.1. The van der Waals surface area contributed by atoms with Crippen LogP contribution in [0.4, 0.5) is 4.79 Å². The summed E-state index contributed by atoms with van der Waals surface area (Å²) in [7, 11) is -3.80. The fourth-order valence-electron chi connectivity index (χ4n) is 3.98. The lowest BCUT2D eigenvalue weighted by atomic mass is 10.1. The van der Waals surface area contributed by atoms with E-state index in [0.29, 0.717) is 18.7 Å². The molecule has 1 aromatic heterocycles. The number of carbonyl (C=O) groups is 1. The summed E-state index contributed by atoms with van der Waals surface area (Å²) in [5.74, 6) is 0.471. The minimum absolute atomic E-state index is 0.0272. The van der Waals surface area contributed by atoms with Crippen LogP contribution >= 0.6 is 0 Å². The Labute approximate surface area is 195 Å². The van der Waals surface area contributed by atoms with E-state index >= 15 is 0 Å². The van der Waals surface area contributed by atoms with Gasteiger partial charge in [-0.25, -0.2) is 9.78 Å². The third kappa shape index (κ3) is 6.23. The van der Waals surface area contributed by atoms with E-state index in [9.17, 15) is 18.3 Å². The van der Waals surface area contributed by atoms with E-state index < -0.39 is 21.8 Å². The predicted molar refractivity (Wildman–Crippen MR) is 124 cm³/mol. The molecule has 9 heteroatoms. The molecule has 0 aliphatic heterocycles. The zero-order chi connectivity index (χ0) is 24.4. The standard InChI is InChI=1S/C24H32N2O6S/c1-16-6-8-20(9-7-16)33(29,30)32-15-18-12-19-14-22(25-17(2)21(19)13-18)31-11-10-26(23(27)28)24(3,4)5/h6-9,14,18H,10-13,15H2,1-5H3,(H,27,28). The van der Waals surface area contributed by atoms with Gasteiger partial charge in [-0.15, -0.1) is 0 Å². The smallest absolute Gasteiger partial charge is 0.407 e. The van der Waals surface area contributed by atoms with Crippen LogP contribution in [0.25, 0.3) is 0 Å². The summed E-state index contributed by atoms with van der Waals surface area (Å²) in [5, 5.41) is 9.40. The number of hydrogen-bond donors (Lipinski definition) is 1. The lowest BCUT2D eigenvalue weighted by Crippen LogP contribution is -2.46. The number of hydrogen-bond acceptors (Lipinski definition) is 6. The van der Waals surface area contributed by atoms with E-state index in [4.69, 9.17) is 8.92 Å². The highest BCUT2D eigenvalue weighted by molar-refractivity contribution is 7.86. The molecule has 1 unspecified atom stereocenters. The van der Waals surface area contributed by atoms with Crippen molar-refractivity contribution in [2.45, 2.75) is 57.9 Å². The molecule has 0 bridgehead atoms. The van der Waals surface area contributed by atoms with Crippen LogP contribution in [0.3, 0.4) is 0 Å². The van der Waals surface area contributed by atoms with Crippen molar-refractivity contribution in [1.29, 1.82) is 0 Å². The monoisotopic (exact) mass is 476 g/mol. The normalized spacial score (nSPS) is 15.8. The highest BCUT2D eigenvalue weighted by atomic mass is 32.2. The molecule has 1 aliphatic carbocycles. The largest absolute Gasteiger partial charge is 0.476 e. The molecule has 0 fully saturated rings. The Morgan fingerprint density at radius 2 is 1.85 bits per heavy atom. The fourth-order valence-corrected chi connectivity index (χ4v) is 4.95. The number of benzene rings is 1. The number of amides is 1. The molecule has 1 aromatic carbocycles. The van der Waals surface area contributed by atoms with Crippen LogP contribution in [0.1, 0.15) is 43.2 Å². The summed E-state index contributed by atoms with van der Waals surface area (Å²) in [6, 6.07) is 8.46. The first kappa shape index (κ1) is 25.0. The van der Waals surface area contributed by atoms with E-state index in [0.717, 1.165) is 22.4 Å². The summed E-state index contributed by atoms with van der Waals surface area (Å²) in [6.07, 6.45) is 0.365. The quantitative estimate of drug-likeness (QED) is 0.575. The maximum Gasteiger partial charge on any atom is 0.407 e. The topological polar surface area (TPSA) is 106 Å². The lowest BCUT2D eigenvalue weighted by Gasteiger charge is -2.32. The second-order valence-corrected chi connectivity index (χ2v) is 11.1. The van der Waals surface area contributed by atoms with Crippen molar-refractivity contribution in [2.24, 2.45) is 5.92 Å². The van der Waals surface area contributed by atoms with Gasteiger partial charge in [-0.05, 0) is 76.6 Å². The highest BCUT2D eigenvalue weighted by Gasteiger charge is 2.28. The van der Waals surface area contributed by atoms with Crippen molar-refractivity contribution in [2.75, 3.05) is 19.8 Å². The van der Waals surface area contributed by atoms with Gasteiger partial charge in [0.1, 0.15) is 6.61 Å². The Morgan fingerprint density at radius 3 is 2.45 bits per heavy atom. The van der Waals surface area contributed by atoms with Gasteiger partial charge < -0.3 is 14.7 Å². The molecule has 8 nitrogen and oxygen atoms in total. The predicted octanol–water partition coefficient (Wildman–Crippen LogP) is 3.98. The van der Waals surface area contributed by atoms with Crippen LogP contribution in [-0.2, 0) is 27.1 Å². The Kier molecular flexibility index (Phi) is 7.33. The molecule has 180 valence electrons. The molecule has 0 radical (unpaired) electrons. The van der Waals surface area contributed by atoms with Crippen molar-refractivity contribution in [1.82, 2.24) is 9.88 Å². The summed E-state index contributed by atoms with van der Waals surface area (Å²) in [5.41, 5.74) is 3.44. The Morgan fingerprint density at radius 1 is 1.18 bits per heavy atom. The van der Waals surface area contributed by atoms with Gasteiger partial charge in [0.05, 0.1) is 18.0 Å². The van der Waals surface area contributed by atoms with E-state index in [1.165, 1.54) is 4.90 Å². The average Bonchev–Trinajstić information content (AvgIpc) is 3.13. The van der Waals surface area contributed by atoms with Gasteiger partial charge in [-0.1, -0.05) is 17.7 Å². The van der Waals surface area contributed by atoms with E-state index in [-0.39, 0.29) is 30.6 Å². The Bertz CT molecular complexity index is 1110. The molecule has 3 rings (SSSR count). The van der Waals surface area contributed by atoms with Gasteiger partial charge in [0.25, 0.3) is 10.1 Å². The van der Waals surface area contributed by atoms with Crippen molar-refractivity contribution >= 4 is 16.2 Å². The Balaban J connectivity index is 1.59. The number of aryl methyl sites for hydroxylation is 2. The summed E-state index contributed by atoms with van der Waals surface area (Å²) in [6.45, 7) is 9.81. The SMILES string of the molecule is Cc1ccc(S(=O)(=O)OCC2Cc3cc(OCCN(C(=O)O)C(C)(C)C)nc(C)c3C2)cc1. The number of rotatable bonds is 8. The fraction of sp³-hybridized carbons (Fsp3) is 0.500. The number of aromatic nitrogens is 1. The second kappa shape index (κ2) is 9.69. The molecule has 1 N–H and O–H groups in total. The van der Waals surface area contributed by atoms with Crippen molar-refractivity contribution in [3.63, 3.8) is 0 Å². The number of nitrogens with zero attached hydrogens (tertiary/aromatic N) is 2. The van der Waals surface area contributed by atoms with Gasteiger partial charge in [-0.3, -0.25) is 4.18 Å². The molecule has 33 heavy (non-hydrogen) atoms. The minimum Gasteiger partial charge on any atom is -0.476 e. The highest BCUT2D eigenvalue weighted by Crippen LogP contribution is 2.32. The molecule has 1 aliphatic rings. The van der Waals surface area contributed by atoms with Gasteiger partial charge in [-0.2, -0.15) is 8.42 Å². The van der Waals surface area contributed by atoms with E-state index in [1.807, 2.05) is 40.7 Å². The first-order chi connectivity index (χ1) is 15.4. The number of pyridine rings is 1. The molecule has 1 amide bonds. The first-order valence-corrected chi connectivity index (χ1v) is 12.4.